The van der Waals surface area contributed by atoms with Gasteiger partial charge in [-0.05, 0) is 62.9 Å². The number of aryl methyl sites for hydroxylation is 3. The first kappa shape index (κ1) is 23.2. The van der Waals surface area contributed by atoms with Crippen molar-refractivity contribution in [1.29, 1.82) is 0 Å². The highest BCUT2D eigenvalue weighted by Crippen LogP contribution is 2.27. The highest BCUT2D eigenvalue weighted by molar-refractivity contribution is 7.92. The molecule has 0 aliphatic carbocycles. The maximum Gasteiger partial charge on any atom is 0.244 e. The van der Waals surface area contributed by atoms with Gasteiger partial charge in [0.15, 0.2) is 0 Å². The van der Waals surface area contributed by atoms with Gasteiger partial charge < -0.3 is 5.32 Å². The molecule has 0 saturated heterocycles. The fraction of sp³-hybridized carbons (Fsp3) is 0.409. The van der Waals surface area contributed by atoms with E-state index in [0.717, 1.165) is 32.8 Å². The van der Waals surface area contributed by atoms with Gasteiger partial charge in [-0.2, -0.15) is 0 Å². The molecule has 7 heteroatoms. The first-order valence-electron chi connectivity index (χ1n) is 9.58. The van der Waals surface area contributed by atoms with E-state index in [0.29, 0.717) is 17.1 Å². The summed E-state index contributed by atoms with van der Waals surface area (Å²) in [4.78, 5) is 13.0. The minimum atomic E-state index is -3.70. The Kier molecular flexibility index (Phi) is 7.35. The molecule has 0 bridgehead atoms. The van der Waals surface area contributed by atoms with Gasteiger partial charge in [-0.3, -0.25) is 9.10 Å². The number of rotatable bonds is 7. The van der Waals surface area contributed by atoms with Gasteiger partial charge in [0.2, 0.25) is 15.9 Å². The Morgan fingerprint density at radius 1 is 1.10 bits per heavy atom. The second-order valence-electron chi connectivity index (χ2n) is 7.50. The van der Waals surface area contributed by atoms with Crippen LogP contribution in [0.3, 0.4) is 0 Å². The summed E-state index contributed by atoms with van der Waals surface area (Å²) in [6.45, 7) is 9.44. The lowest BCUT2D eigenvalue weighted by Crippen LogP contribution is -2.48. The van der Waals surface area contributed by atoms with E-state index < -0.39 is 16.1 Å². The van der Waals surface area contributed by atoms with Crippen LogP contribution in [0.4, 0.5) is 5.69 Å². The Bertz CT molecular complexity index is 1010. The maximum atomic E-state index is 13.0. The van der Waals surface area contributed by atoms with Crippen LogP contribution in [0, 0.1) is 20.8 Å². The van der Waals surface area contributed by atoms with Gasteiger partial charge >= 0.3 is 0 Å². The van der Waals surface area contributed by atoms with E-state index in [2.05, 4.69) is 11.4 Å². The lowest BCUT2D eigenvalue weighted by atomic mass is 9.97. The number of benzene rings is 2. The van der Waals surface area contributed by atoms with Crippen molar-refractivity contribution in [1.82, 2.24) is 5.32 Å². The highest BCUT2D eigenvalue weighted by Gasteiger charge is 2.30. The largest absolute Gasteiger partial charge is 0.347 e. The van der Waals surface area contributed by atoms with Gasteiger partial charge in [-0.25, -0.2) is 8.42 Å². The third-order valence-corrected chi connectivity index (χ3v) is 6.67. The summed E-state index contributed by atoms with van der Waals surface area (Å²) >= 11 is 6.19. The number of hydrogen-bond donors (Lipinski definition) is 1. The fourth-order valence-corrected chi connectivity index (χ4v) is 4.78. The second kappa shape index (κ2) is 9.18. The molecule has 0 aliphatic heterocycles. The minimum Gasteiger partial charge on any atom is -0.347 e. The average Bonchev–Trinajstić information content (AvgIpc) is 2.62. The predicted octanol–water partition coefficient (Wildman–Crippen LogP) is 4.69. The predicted molar refractivity (Wildman–Crippen MR) is 120 cm³/mol. The molecule has 29 heavy (non-hydrogen) atoms. The SMILES string of the molecule is CCC(NC(=O)C(C)N(c1ccc(C)c(Cl)c1)S(C)(=O)=O)c1ccc(C)cc1C. The zero-order chi connectivity index (χ0) is 21.9. The van der Waals surface area contributed by atoms with Gasteiger partial charge in [-0.15, -0.1) is 0 Å². The zero-order valence-corrected chi connectivity index (χ0v) is 19.4. The summed E-state index contributed by atoms with van der Waals surface area (Å²) < 4.78 is 26.1. The Morgan fingerprint density at radius 3 is 2.28 bits per heavy atom. The molecule has 1 amide bonds. The molecule has 0 aromatic heterocycles. The number of carbonyl (C=O) groups excluding carboxylic acids is 1. The van der Waals surface area contributed by atoms with E-state index in [4.69, 9.17) is 11.6 Å². The maximum absolute atomic E-state index is 13.0. The number of anilines is 1. The Balaban J connectivity index is 2.34. The zero-order valence-electron chi connectivity index (χ0n) is 17.8. The molecule has 158 valence electrons. The number of amides is 1. The molecule has 0 fully saturated rings. The van der Waals surface area contributed by atoms with Crippen LogP contribution in [0.5, 0.6) is 0 Å². The molecule has 2 atom stereocenters. The monoisotopic (exact) mass is 436 g/mol. The molecular weight excluding hydrogens is 408 g/mol. The Hall–Kier alpha value is -2.05. The third-order valence-electron chi connectivity index (χ3n) is 5.02. The van der Waals surface area contributed by atoms with Crippen molar-refractivity contribution in [3.8, 4) is 0 Å². The standard InChI is InChI=1S/C22H29ClN2O3S/c1-7-21(19-11-8-14(2)12-16(19)4)24-22(26)17(5)25(29(6,27)28)18-10-9-15(3)20(23)13-18/h8-13,17,21H,7H2,1-6H3,(H,24,26). The number of sulfonamides is 1. The van der Waals surface area contributed by atoms with Crippen LogP contribution in [0.15, 0.2) is 36.4 Å². The minimum absolute atomic E-state index is 0.200. The molecule has 0 aliphatic rings. The average molecular weight is 437 g/mol. The Labute approximate surface area is 179 Å². The lowest BCUT2D eigenvalue weighted by molar-refractivity contribution is -0.122. The third kappa shape index (κ3) is 5.52. The molecule has 2 unspecified atom stereocenters. The Morgan fingerprint density at radius 2 is 1.76 bits per heavy atom. The summed E-state index contributed by atoms with van der Waals surface area (Å²) in [5.74, 6) is -0.362. The summed E-state index contributed by atoms with van der Waals surface area (Å²) in [5, 5.41) is 3.46. The van der Waals surface area contributed by atoms with E-state index in [1.165, 1.54) is 0 Å². The quantitative estimate of drug-likeness (QED) is 0.684. The van der Waals surface area contributed by atoms with Crippen LogP contribution >= 0.6 is 11.6 Å². The van der Waals surface area contributed by atoms with Crippen molar-refractivity contribution >= 4 is 33.2 Å². The van der Waals surface area contributed by atoms with Crippen molar-refractivity contribution in [2.75, 3.05) is 10.6 Å². The van der Waals surface area contributed by atoms with Crippen LogP contribution in [-0.2, 0) is 14.8 Å². The number of halogens is 1. The van der Waals surface area contributed by atoms with Crippen LogP contribution in [0.25, 0.3) is 0 Å². The highest BCUT2D eigenvalue weighted by atomic mass is 35.5. The molecule has 2 rings (SSSR count). The van der Waals surface area contributed by atoms with Gasteiger partial charge in [0.25, 0.3) is 0 Å². The van der Waals surface area contributed by atoms with Crippen LogP contribution in [0.2, 0.25) is 5.02 Å². The number of nitrogens with one attached hydrogen (secondary N) is 1. The molecule has 5 nitrogen and oxygen atoms in total. The van der Waals surface area contributed by atoms with E-state index in [1.54, 1.807) is 25.1 Å². The van der Waals surface area contributed by atoms with Crippen LogP contribution in [0.1, 0.15) is 48.6 Å². The fourth-order valence-electron chi connectivity index (χ4n) is 3.44. The van der Waals surface area contributed by atoms with Gasteiger partial charge in [-0.1, -0.05) is 48.4 Å². The van der Waals surface area contributed by atoms with Crippen molar-refractivity contribution in [3.63, 3.8) is 0 Å². The summed E-state index contributed by atoms with van der Waals surface area (Å²) in [6, 6.07) is 9.94. The molecule has 0 radical (unpaired) electrons. The molecular formula is C22H29ClN2O3S. The van der Waals surface area contributed by atoms with E-state index >= 15 is 0 Å². The van der Waals surface area contributed by atoms with Crippen molar-refractivity contribution < 1.29 is 13.2 Å². The second-order valence-corrected chi connectivity index (χ2v) is 9.76. The number of hydrogen-bond acceptors (Lipinski definition) is 3. The van der Waals surface area contributed by atoms with Crippen LogP contribution < -0.4 is 9.62 Å². The van der Waals surface area contributed by atoms with E-state index in [-0.39, 0.29) is 11.9 Å². The normalized spacial score (nSPS) is 13.6. The van der Waals surface area contributed by atoms with Gasteiger partial charge in [0, 0.05) is 5.02 Å². The summed E-state index contributed by atoms with van der Waals surface area (Å²) in [6.07, 6.45) is 1.78. The van der Waals surface area contributed by atoms with Gasteiger partial charge in [0.05, 0.1) is 18.0 Å². The number of carbonyl (C=O) groups is 1. The number of nitrogens with zero attached hydrogens (tertiary/aromatic N) is 1. The molecule has 1 N–H and O–H groups in total. The van der Waals surface area contributed by atoms with Crippen molar-refractivity contribution in [2.24, 2.45) is 0 Å². The molecule has 2 aromatic carbocycles. The molecule has 2 aromatic rings. The molecule has 0 spiro atoms. The summed E-state index contributed by atoms with van der Waals surface area (Å²) in [7, 11) is -3.70. The first-order chi connectivity index (χ1) is 13.5. The summed E-state index contributed by atoms with van der Waals surface area (Å²) in [5.41, 5.74) is 4.48. The first-order valence-corrected chi connectivity index (χ1v) is 11.8. The lowest BCUT2D eigenvalue weighted by Gasteiger charge is -2.30. The van der Waals surface area contributed by atoms with Crippen LogP contribution in [-0.4, -0.2) is 26.6 Å². The smallest absolute Gasteiger partial charge is 0.244 e. The van der Waals surface area contributed by atoms with Gasteiger partial charge in [0.1, 0.15) is 6.04 Å². The van der Waals surface area contributed by atoms with Crippen molar-refractivity contribution in [3.05, 3.63) is 63.7 Å². The topological polar surface area (TPSA) is 66.5 Å². The van der Waals surface area contributed by atoms with Crippen molar-refractivity contribution in [2.45, 2.75) is 53.1 Å². The van der Waals surface area contributed by atoms with E-state index in [1.807, 2.05) is 39.8 Å². The molecule has 0 heterocycles. The van der Waals surface area contributed by atoms with E-state index in [9.17, 15) is 13.2 Å². The molecule has 0 saturated carbocycles.